The maximum atomic E-state index is 11.8. The van der Waals surface area contributed by atoms with Gasteiger partial charge >= 0.3 is 0 Å². The van der Waals surface area contributed by atoms with Crippen molar-refractivity contribution in [1.29, 1.82) is 0 Å². The van der Waals surface area contributed by atoms with Gasteiger partial charge in [0, 0.05) is 25.9 Å². The second-order valence-corrected chi connectivity index (χ2v) is 4.05. The molecule has 2 aromatic rings. The number of nitrogens with zero attached hydrogens (tertiary/aromatic N) is 4. The van der Waals surface area contributed by atoms with Gasteiger partial charge in [-0.25, -0.2) is 0 Å². The van der Waals surface area contributed by atoms with Gasteiger partial charge in [-0.3, -0.25) is 14.2 Å². The fourth-order valence-corrected chi connectivity index (χ4v) is 1.66. The van der Waals surface area contributed by atoms with Crippen LogP contribution in [0.2, 0.25) is 0 Å². The molecule has 1 amide bonds. The number of rotatable bonds is 4. The van der Waals surface area contributed by atoms with Gasteiger partial charge in [0.1, 0.15) is 11.5 Å². The summed E-state index contributed by atoms with van der Waals surface area (Å²) >= 11 is 0. The molecule has 18 heavy (non-hydrogen) atoms. The molecule has 0 radical (unpaired) electrons. The van der Waals surface area contributed by atoms with Crippen LogP contribution in [0.3, 0.4) is 0 Å². The molecule has 96 valence electrons. The van der Waals surface area contributed by atoms with Crippen molar-refractivity contribution in [3.05, 3.63) is 29.7 Å². The summed E-state index contributed by atoms with van der Waals surface area (Å²) < 4.78 is 3.25. The van der Waals surface area contributed by atoms with Crippen molar-refractivity contribution < 1.29 is 4.79 Å². The van der Waals surface area contributed by atoms with Crippen molar-refractivity contribution in [3.63, 3.8) is 0 Å². The summed E-state index contributed by atoms with van der Waals surface area (Å²) in [5, 5.41) is 10.9. The molecule has 0 atom stereocenters. The lowest BCUT2D eigenvalue weighted by atomic mass is 10.4. The number of carbonyl (C=O) groups is 1. The molecule has 2 rings (SSSR count). The first kappa shape index (κ1) is 12.2. The largest absolute Gasteiger partial charge is 0.382 e. The number of hydrogen-bond donors (Lipinski definition) is 2. The Balaban J connectivity index is 1.87. The quantitative estimate of drug-likeness (QED) is 0.793. The lowest BCUT2D eigenvalue weighted by molar-refractivity contribution is 0.0942. The number of anilines is 1. The highest BCUT2D eigenvalue weighted by atomic mass is 16.2. The van der Waals surface area contributed by atoms with E-state index >= 15 is 0 Å². The van der Waals surface area contributed by atoms with Crippen LogP contribution in [0.25, 0.3) is 0 Å². The topological polar surface area (TPSA) is 90.8 Å². The van der Waals surface area contributed by atoms with Crippen LogP contribution in [0.4, 0.5) is 5.82 Å². The number of nitrogens with one attached hydrogen (secondary N) is 1. The predicted molar refractivity (Wildman–Crippen MR) is 66.9 cm³/mol. The highest BCUT2D eigenvalue weighted by Gasteiger charge is 2.11. The molecule has 0 aliphatic rings. The standard InChI is InChI=1S/C11H16N6O/c1-8-3-5-17(14-8)6-4-13-11(18)9-7-10(12)15-16(9)2/h3,5,7H,4,6H2,1-2H3,(H2,12,15)(H,13,18). The molecule has 0 saturated carbocycles. The van der Waals surface area contributed by atoms with Gasteiger partial charge in [0.25, 0.3) is 5.91 Å². The van der Waals surface area contributed by atoms with Crippen molar-refractivity contribution in [2.45, 2.75) is 13.5 Å². The predicted octanol–water partition coefficient (Wildman–Crippen LogP) is -0.0628. The highest BCUT2D eigenvalue weighted by Crippen LogP contribution is 2.03. The molecule has 7 heteroatoms. The molecule has 0 aromatic carbocycles. The Kier molecular flexibility index (Phi) is 3.31. The molecule has 2 heterocycles. The van der Waals surface area contributed by atoms with Crippen molar-refractivity contribution in [3.8, 4) is 0 Å². The van der Waals surface area contributed by atoms with E-state index in [0.29, 0.717) is 24.6 Å². The number of aryl methyl sites for hydroxylation is 2. The summed E-state index contributed by atoms with van der Waals surface area (Å²) in [7, 11) is 1.68. The Labute approximate surface area is 105 Å². The van der Waals surface area contributed by atoms with Crippen molar-refractivity contribution in [2.75, 3.05) is 12.3 Å². The van der Waals surface area contributed by atoms with E-state index in [1.807, 2.05) is 19.2 Å². The lowest BCUT2D eigenvalue weighted by Gasteiger charge is -2.05. The second kappa shape index (κ2) is 4.91. The summed E-state index contributed by atoms with van der Waals surface area (Å²) in [5.74, 6) is 0.149. The first-order valence-electron chi connectivity index (χ1n) is 5.64. The fourth-order valence-electron chi connectivity index (χ4n) is 1.66. The van der Waals surface area contributed by atoms with E-state index in [9.17, 15) is 4.79 Å². The van der Waals surface area contributed by atoms with Crippen molar-refractivity contribution >= 4 is 11.7 Å². The Morgan fingerprint density at radius 1 is 1.50 bits per heavy atom. The Hall–Kier alpha value is -2.31. The van der Waals surface area contributed by atoms with Crippen molar-refractivity contribution in [2.24, 2.45) is 7.05 Å². The molecule has 0 aliphatic carbocycles. The number of aromatic nitrogens is 4. The normalized spacial score (nSPS) is 10.6. The number of hydrogen-bond acceptors (Lipinski definition) is 4. The monoisotopic (exact) mass is 248 g/mol. The number of nitrogen functional groups attached to an aromatic ring is 1. The molecule has 3 N–H and O–H groups in total. The molecule has 0 saturated heterocycles. The van der Waals surface area contributed by atoms with E-state index in [4.69, 9.17) is 5.73 Å². The zero-order valence-electron chi connectivity index (χ0n) is 10.4. The minimum absolute atomic E-state index is 0.189. The lowest BCUT2D eigenvalue weighted by Crippen LogP contribution is -2.29. The first-order valence-corrected chi connectivity index (χ1v) is 5.64. The first-order chi connectivity index (χ1) is 8.56. The summed E-state index contributed by atoms with van der Waals surface area (Å²) in [6.45, 7) is 3.06. The minimum atomic E-state index is -0.189. The zero-order valence-corrected chi connectivity index (χ0v) is 10.4. The molecule has 0 spiro atoms. The van der Waals surface area contributed by atoms with Crippen molar-refractivity contribution in [1.82, 2.24) is 24.9 Å². The smallest absolute Gasteiger partial charge is 0.269 e. The minimum Gasteiger partial charge on any atom is -0.382 e. The molecular weight excluding hydrogens is 232 g/mol. The van der Waals surface area contributed by atoms with E-state index in [2.05, 4.69) is 15.5 Å². The third-order valence-corrected chi connectivity index (χ3v) is 2.53. The van der Waals surface area contributed by atoms with Crippen LogP contribution in [0, 0.1) is 6.92 Å². The van der Waals surface area contributed by atoms with Crippen LogP contribution in [0.15, 0.2) is 18.3 Å². The van der Waals surface area contributed by atoms with Gasteiger partial charge in [-0.2, -0.15) is 10.2 Å². The third kappa shape index (κ3) is 2.68. The molecule has 7 nitrogen and oxygen atoms in total. The van der Waals surface area contributed by atoms with E-state index in [-0.39, 0.29) is 5.91 Å². The zero-order chi connectivity index (χ0) is 13.1. The van der Waals surface area contributed by atoms with Gasteiger partial charge in [0.05, 0.1) is 12.2 Å². The van der Waals surface area contributed by atoms with Crippen LogP contribution >= 0.6 is 0 Å². The summed E-state index contributed by atoms with van der Waals surface area (Å²) in [6.07, 6.45) is 1.88. The van der Waals surface area contributed by atoms with Crippen LogP contribution in [-0.2, 0) is 13.6 Å². The number of nitrogens with two attached hydrogens (primary N) is 1. The average molecular weight is 248 g/mol. The molecule has 0 fully saturated rings. The van der Waals surface area contributed by atoms with Gasteiger partial charge in [-0.15, -0.1) is 0 Å². The van der Waals surface area contributed by atoms with E-state index < -0.39 is 0 Å². The Morgan fingerprint density at radius 2 is 2.28 bits per heavy atom. The molecule has 0 aliphatic heterocycles. The maximum absolute atomic E-state index is 11.8. The van der Waals surface area contributed by atoms with Gasteiger partial charge < -0.3 is 11.1 Å². The summed E-state index contributed by atoms with van der Waals surface area (Å²) in [5.41, 5.74) is 6.92. The Bertz CT molecular complexity index is 556. The number of amides is 1. The molecule has 0 unspecified atom stereocenters. The number of carbonyl (C=O) groups excluding carboxylic acids is 1. The van der Waals surface area contributed by atoms with Gasteiger partial charge in [0.15, 0.2) is 0 Å². The maximum Gasteiger partial charge on any atom is 0.269 e. The van der Waals surface area contributed by atoms with Crippen LogP contribution in [-0.4, -0.2) is 32.0 Å². The van der Waals surface area contributed by atoms with Crippen LogP contribution in [0.5, 0.6) is 0 Å². The van der Waals surface area contributed by atoms with E-state index in [1.165, 1.54) is 4.68 Å². The van der Waals surface area contributed by atoms with Gasteiger partial charge in [-0.05, 0) is 13.0 Å². The van der Waals surface area contributed by atoms with Gasteiger partial charge in [-0.1, -0.05) is 0 Å². The van der Waals surface area contributed by atoms with Crippen LogP contribution in [0.1, 0.15) is 16.2 Å². The van der Waals surface area contributed by atoms with Gasteiger partial charge in [0.2, 0.25) is 0 Å². The highest BCUT2D eigenvalue weighted by molar-refractivity contribution is 5.93. The molecule has 2 aromatic heterocycles. The van der Waals surface area contributed by atoms with E-state index in [1.54, 1.807) is 17.8 Å². The summed E-state index contributed by atoms with van der Waals surface area (Å²) in [6, 6.07) is 3.47. The fraction of sp³-hybridized carbons (Fsp3) is 0.364. The molecule has 0 bridgehead atoms. The summed E-state index contributed by atoms with van der Waals surface area (Å²) in [4.78, 5) is 11.8. The second-order valence-electron chi connectivity index (χ2n) is 4.05. The Morgan fingerprint density at radius 3 is 2.83 bits per heavy atom. The molecular formula is C11H16N6O. The van der Waals surface area contributed by atoms with E-state index in [0.717, 1.165) is 5.69 Å². The van der Waals surface area contributed by atoms with Crippen LogP contribution < -0.4 is 11.1 Å². The average Bonchev–Trinajstić information content (AvgIpc) is 2.85. The SMILES string of the molecule is Cc1ccn(CCNC(=O)c2cc(N)nn2C)n1. The third-order valence-electron chi connectivity index (χ3n) is 2.53.